The van der Waals surface area contributed by atoms with Crippen molar-refractivity contribution in [2.24, 2.45) is 5.92 Å². The number of hydrogen-bond acceptors (Lipinski definition) is 5. The average molecular weight is 349 g/mol. The van der Waals surface area contributed by atoms with E-state index in [2.05, 4.69) is 5.32 Å². The quantitative estimate of drug-likeness (QED) is 0.444. The van der Waals surface area contributed by atoms with Crippen LogP contribution in [0.15, 0.2) is 24.3 Å². The summed E-state index contributed by atoms with van der Waals surface area (Å²) in [4.78, 5) is 35.3. The number of nitro benzene ring substituents is 1. The van der Waals surface area contributed by atoms with Gasteiger partial charge in [-0.1, -0.05) is 6.92 Å². The number of non-ortho nitro benzene ring substituents is 1. The van der Waals surface area contributed by atoms with Gasteiger partial charge in [-0.3, -0.25) is 14.9 Å². The topological polar surface area (TPSA) is 113 Å². The Labute approximate surface area is 146 Å². The van der Waals surface area contributed by atoms with Gasteiger partial charge in [0, 0.05) is 37.3 Å². The van der Waals surface area contributed by atoms with Gasteiger partial charge in [-0.05, 0) is 37.3 Å². The lowest BCUT2D eigenvalue weighted by Gasteiger charge is -2.36. The van der Waals surface area contributed by atoms with E-state index >= 15 is 0 Å². The second-order valence-corrected chi connectivity index (χ2v) is 6.41. The standard InChI is InChI=1S/C17H23N3O5/c1-12-8-10-19(15(11-12)17(22)23)16(21)3-2-9-18-13-4-6-14(7-5-13)20(24)25/h4-7,12,15,18H,2-3,8-11H2,1H3,(H,22,23). The van der Waals surface area contributed by atoms with E-state index in [9.17, 15) is 24.8 Å². The minimum absolute atomic E-state index is 0.0276. The number of carbonyl (C=O) groups is 2. The van der Waals surface area contributed by atoms with Gasteiger partial charge in [0.05, 0.1) is 4.92 Å². The lowest BCUT2D eigenvalue weighted by molar-refractivity contribution is -0.384. The molecule has 1 aliphatic rings. The molecule has 1 heterocycles. The first-order chi connectivity index (χ1) is 11.9. The highest BCUT2D eigenvalue weighted by atomic mass is 16.6. The highest BCUT2D eigenvalue weighted by molar-refractivity contribution is 5.83. The van der Waals surface area contributed by atoms with E-state index < -0.39 is 16.9 Å². The Kier molecular flexibility index (Phi) is 6.32. The van der Waals surface area contributed by atoms with Gasteiger partial charge in [0.25, 0.3) is 5.69 Å². The molecule has 0 saturated carbocycles. The first-order valence-electron chi connectivity index (χ1n) is 8.39. The average Bonchev–Trinajstić information content (AvgIpc) is 2.58. The van der Waals surface area contributed by atoms with Gasteiger partial charge in [0.15, 0.2) is 0 Å². The molecule has 25 heavy (non-hydrogen) atoms. The van der Waals surface area contributed by atoms with E-state index in [1.807, 2.05) is 6.92 Å². The van der Waals surface area contributed by atoms with Crippen LogP contribution in [0, 0.1) is 16.0 Å². The predicted octanol–water partition coefficient (Wildman–Crippen LogP) is 2.50. The summed E-state index contributed by atoms with van der Waals surface area (Å²) >= 11 is 0. The summed E-state index contributed by atoms with van der Waals surface area (Å²) < 4.78 is 0. The number of likely N-dealkylation sites (tertiary alicyclic amines) is 1. The van der Waals surface area contributed by atoms with Gasteiger partial charge in [-0.2, -0.15) is 0 Å². The van der Waals surface area contributed by atoms with Crippen LogP contribution >= 0.6 is 0 Å². The SMILES string of the molecule is CC1CCN(C(=O)CCCNc2ccc([N+](=O)[O-])cc2)C(C(=O)O)C1. The van der Waals surface area contributed by atoms with Crippen molar-refractivity contribution < 1.29 is 19.6 Å². The van der Waals surface area contributed by atoms with Crippen molar-refractivity contribution in [3.05, 3.63) is 34.4 Å². The van der Waals surface area contributed by atoms with Crippen molar-refractivity contribution in [3.8, 4) is 0 Å². The van der Waals surface area contributed by atoms with Crippen molar-refractivity contribution in [3.63, 3.8) is 0 Å². The largest absolute Gasteiger partial charge is 0.480 e. The Balaban J connectivity index is 1.77. The summed E-state index contributed by atoms with van der Waals surface area (Å²) in [6.07, 6.45) is 2.17. The zero-order valence-corrected chi connectivity index (χ0v) is 14.2. The Morgan fingerprint density at radius 1 is 1.36 bits per heavy atom. The van der Waals surface area contributed by atoms with Gasteiger partial charge < -0.3 is 15.3 Å². The summed E-state index contributed by atoms with van der Waals surface area (Å²) in [7, 11) is 0. The van der Waals surface area contributed by atoms with Crippen molar-refractivity contribution in [2.45, 2.75) is 38.6 Å². The number of carboxylic acid groups (broad SMARTS) is 1. The normalized spacial score (nSPS) is 20.1. The number of aliphatic carboxylic acids is 1. The van der Waals surface area contributed by atoms with Crippen LogP contribution in [0.5, 0.6) is 0 Å². The number of nitro groups is 1. The minimum atomic E-state index is -0.941. The molecule has 8 nitrogen and oxygen atoms in total. The zero-order chi connectivity index (χ0) is 18.4. The lowest BCUT2D eigenvalue weighted by Crippen LogP contribution is -2.49. The van der Waals surface area contributed by atoms with E-state index in [0.29, 0.717) is 31.8 Å². The summed E-state index contributed by atoms with van der Waals surface area (Å²) in [5, 5.41) is 23.0. The van der Waals surface area contributed by atoms with Crippen LogP contribution in [0.1, 0.15) is 32.6 Å². The molecular weight excluding hydrogens is 326 g/mol. The molecule has 2 atom stereocenters. The van der Waals surface area contributed by atoms with Gasteiger partial charge >= 0.3 is 5.97 Å². The van der Waals surface area contributed by atoms with Gasteiger partial charge in [-0.25, -0.2) is 4.79 Å². The molecule has 2 rings (SSSR count). The minimum Gasteiger partial charge on any atom is -0.480 e. The molecular formula is C17H23N3O5. The summed E-state index contributed by atoms with van der Waals surface area (Å²) in [6, 6.07) is 5.34. The molecule has 0 radical (unpaired) electrons. The van der Waals surface area contributed by atoms with Crippen molar-refractivity contribution in [2.75, 3.05) is 18.4 Å². The fourth-order valence-electron chi connectivity index (χ4n) is 2.99. The molecule has 1 saturated heterocycles. The number of piperidine rings is 1. The second-order valence-electron chi connectivity index (χ2n) is 6.41. The highest BCUT2D eigenvalue weighted by Gasteiger charge is 2.34. The number of amides is 1. The van der Waals surface area contributed by atoms with Crippen LogP contribution in [0.2, 0.25) is 0 Å². The van der Waals surface area contributed by atoms with Crippen LogP contribution in [0.4, 0.5) is 11.4 Å². The molecule has 1 fully saturated rings. The molecule has 8 heteroatoms. The molecule has 0 aromatic heterocycles. The molecule has 1 aromatic rings. The van der Waals surface area contributed by atoms with E-state index in [-0.39, 0.29) is 18.0 Å². The fraction of sp³-hybridized carbons (Fsp3) is 0.529. The Morgan fingerprint density at radius 2 is 2.04 bits per heavy atom. The summed E-state index contributed by atoms with van der Waals surface area (Å²) in [5.41, 5.74) is 0.771. The third-order valence-corrected chi connectivity index (χ3v) is 4.44. The molecule has 0 aliphatic carbocycles. The number of carboxylic acids is 1. The van der Waals surface area contributed by atoms with Crippen LogP contribution in [-0.4, -0.2) is 45.9 Å². The van der Waals surface area contributed by atoms with Crippen LogP contribution in [-0.2, 0) is 9.59 Å². The summed E-state index contributed by atoms with van der Waals surface area (Å²) in [6.45, 7) is 3.03. The Morgan fingerprint density at radius 3 is 2.64 bits per heavy atom. The molecule has 2 N–H and O–H groups in total. The third kappa shape index (κ3) is 5.17. The number of carbonyl (C=O) groups excluding carboxylic acids is 1. The van der Waals surface area contributed by atoms with Crippen molar-refractivity contribution >= 4 is 23.3 Å². The van der Waals surface area contributed by atoms with E-state index in [1.165, 1.54) is 17.0 Å². The van der Waals surface area contributed by atoms with E-state index in [4.69, 9.17) is 0 Å². The van der Waals surface area contributed by atoms with Gasteiger partial charge in [-0.15, -0.1) is 0 Å². The molecule has 0 spiro atoms. The van der Waals surface area contributed by atoms with Gasteiger partial charge in [0.2, 0.25) is 5.91 Å². The second kappa shape index (κ2) is 8.46. The maximum Gasteiger partial charge on any atom is 0.326 e. The molecule has 1 aromatic carbocycles. The Bertz CT molecular complexity index is 632. The lowest BCUT2D eigenvalue weighted by atomic mass is 9.92. The van der Waals surface area contributed by atoms with Gasteiger partial charge in [0.1, 0.15) is 6.04 Å². The van der Waals surface area contributed by atoms with Crippen LogP contribution in [0.3, 0.4) is 0 Å². The van der Waals surface area contributed by atoms with E-state index in [1.54, 1.807) is 12.1 Å². The number of nitrogens with one attached hydrogen (secondary N) is 1. The molecule has 1 amide bonds. The molecule has 2 unspecified atom stereocenters. The maximum atomic E-state index is 12.3. The Hall–Kier alpha value is -2.64. The summed E-state index contributed by atoms with van der Waals surface area (Å²) in [5.74, 6) is -0.761. The number of nitrogens with zero attached hydrogens (tertiary/aromatic N) is 2. The first kappa shape index (κ1) is 18.7. The fourth-order valence-corrected chi connectivity index (χ4v) is 2.99. The van der Waals surface area contributed by atoms with Crippen LogP contribution in [0.25, 0.3) is 0 Å². The monoisotopic (exact) mass is 349 g/mol. The predicted molar refractivity (Wildman–Crippen MR) is 92.4 cm³/mol. The number of benzene rings is 1. The zero-order valence-electron chi connectivity index (χ0n) is 14.2. The third-order valence-electron chi connectivity index (χ3n) is 4.44. The van der Waals surface area contributed by atoms with Crippen molar-refractivity contribution in [1.29, 1.82) is 0 Å². The molecule has 0 bridgehead atoms. The number of anilines is 1. The first-order valence-corrected chi connectivity index (χ1v) is 8.39. The number of hydrogen-bond donors (Lipinski definition) is 2. The molecule has 136 valence electrons. The number of rotatable bonds is 7. The van der Waals surface area contributed by atoms with Crippen molar-refractivity contribution in [1.82, 2.24) is 4.90 Å². The van der Waals surface area contributed by atoms with E-state index in [0.717, 1.165) is 12.1 Å². The smallest absolute Gasteiger partial charge is 0.326 e. The maximum absolute atomic E-state index is 12.3. The van der Waals surface area contributed by atoms with Crippen LogP contribution < -0.4 is 5.32 Å². The molecule has 1 aliphatic heterocycles. The highest BCUT2D eigenvalue weighted by Crippen LogP contribution is 2.23.